The van der Waals surface area contributed by atoms with E-state index in [1.807, 2.05) is 73.7 Å². The number of ether oxygens (including phenoxy) is 2. The van der Waals surface area contributed by atoms with E-state index in [4.69, 9.17) is 9.47 Å². The lowest BCUT2D eigenvalue weighted by Gasteiger charge is -2.18. The van der Waals surface area contributed by atoms with Crippen molar-refractivity contribution in [1.29, 1.82) is 0 Å². The van der Waals surface area contributed by atoms with Gasteiger partial charge >= 0.3 is 0 Å². The van der Waals surface area contributed by atoms with Gasteiger partial charge in [0.25, 0.3) is 5.91 Å². The predicted molar refractivity (Wildman–Crippen MR) is 103 cm³/mol. The molecule has 0 saturated heterocycles. The minimum absolute atomic E-state index is 0.0253. The minimum Gasteiger partial charge on any atom is -0.484 e. The van der Waals surface area contributed by atoms with Crippen LogP contribution in [-0.4, -0.2) is 26.2 Å². The first-order valence-corrected chi connectivity index (χ1v) is 8.64. The number of fused-ring (bicyclic) bond motifs is 1. The van der Waals surface area contributed by atoms with Crippen LogP contribution in [0.2, 0.25) is 0 Å². The topological polar surface area (TPSA) is 47.6 Å². The number of carbonyl (C=O) groups is 1. The maximum Gasteiger partial charge on any atom is 0.258 e. The second-order valence-electron chi connectivity index (χ2n) is 6.18. The third-order valence-electron chi connectivity index (χ3n) is 4.40. The molecule has 0 aliphatic rings. The molecule has 0 bridgehead atoms. The van der Waals surface area contributed by atoms with Gasteiger partial charge in [-0.2, -0.15) is 0 Å². The molecular weight excluding hydrogens is 326 g/mol. The monoisotopic (exact) mass is 349 g/mol. The molecular formula is C22H23NO3. The van der Waals surface area contributed by atoms with Crippen molar-refractivity contribution in [2.24, 2.45) is 0 Å². The Hall–Kier alpha value is -2.85. The summed E-state index contributed by atoms with van der Waals surface area (Å²) in [5.41, 5.74) is 2.21. The van der Waals surface area contributed by atoms with E-state index in [0.29, 0.717) is 12.3 Å². The Morgan fingerprint density at radius 2 is 1.73 bits per heavy atom. The largest absolute Gasteiger partial charge is 0.484 e. The zero-order chi connectivity index (χ0) is 18.4. The molecule has 134 valence electrons. The molecule has 0 aliphatic heterocycles. The lowest BCUT2D eigenvalue weighted by atomic mass is 10.0. The Labute approximate surface area is 153 Å². The summed E-state index contributed by atoms with van der Waals surface area (Å²) in [6.45, 7) is 2.41. The van der Waals surface area contributed by atoms with Crippen LogP contribution in [0.1, 0.15) is 17.2 Å². The fourth-order valence-electron chi connectivity index (χ4n) is 2.93. The minimum atomic E-state index is -0.180. The highest BCUT2D eigenvalue weighted by molar-refractivity contribution is 5.84. The summed E-state index contributed by atoms with van der Waals surface area (Å²) in [6, 6.07) is 21.9. The number of aryl methyl sites for hydroxylation is 1. The predicted octanol–water partition coefficient (Wildman–Crippen LogP) is 4.03. The van der Waals surface area contributed by atoms with E-state index < -0.39 is 0 Å². The maximum absolute atomic E-state index is 12.1. The number of methoxy groups -OCH3 is 1. The van der Waals surface area contributed by atoms with Crippen molar-refractivity contribution < 1.29 is 14.3 Å². The summed E-state index contributed by atoms with van der Waals surface area (Å²) in [5.74, 6) is 0.509. The SMILES string of the molecule is COC(CNC(=O)COc1ccc2ccccc2c1)c1ccccc1C. The van der Waals surface area contributed by atoms with Gasteiger partial charge in [-0.05, 0) is 41.0 Å². The molecule has 4 nitrogen and oxygen atoms in total. The number of carbonyl (C=O) groups excluding carboxylic acids is 1. The van der Waals surface area contributed by atoms with Crippen LogP contribution in [0.25, 0.3) is 10.8 Å². The highest BCUT2D eigenvalue weighted by Gasteiger charge is 2.14. The lowest BCUT2D eigenvalue weighted by Crippen LogP contribution is -2.33. The smallest absolute Gasteiger partial charge is 0.258 e. The van der Waals surface area contributed by atoms with Crippen molar-refractivity contribution in [3.63, 3.8) is 0 Å². The molecule has 1 atom stereocenters. The second-order valence-corrected chi connectivity index (χ2v) is 6.18. The van der Waals surface area contributed by atoms with Gasteiger partial charge in [0, 0.05) is 13.7 Å². The molecule has 1 unspecified atom stereocenters. The molecule has 0 spiro atoms. The number of rotatable bonds is 7. The first-order valence-electron chi connectivity index (χ1n) is 8.64. The van der Waals surface area contributed by atoms with Crippen molar-refractivity contribution >= 4 is 16.7 Å². The molecule has 0 heterocycles. The summed E-state index contributed by atoms with van der Waals surface area (Å²) >= 11 is 0. The van der Waals surface area contributed by atoms with Crippen molar-refractivity contribution in [2.45, 2.75) is 13.0 Å². The third-order valence-corrected chi connectivity index (χ3v) is 4.40. The Morgan fingerprint density at radius 3 is 2.50 bits per heavy atom. The van der Waals surface area contributed by atoms with Crippen LogP contribution in [0.3, 0.4) is 0 Å². The summed E-state index contributed by atoms with van der Waals surface area (Å²) < 4.78 is 11.1. The quantitative estimate of drug-likeness (QED) is 0.700. The molecule has 0 aromatic heterocycles. The van der Waals surface area contributed by atoms with Crippen LogP contribution in [0.15, 0.2) is 66.7 Å². The van der Waals surface area contributed by atoms with E-state index >= 15 is 0 Å². The standard InChI is InChI=1S/C22H23NO3/c1-16-7-3-6-10-20(16)21(25-2)14-23-22(24)15-26-19-12-11-17-8-4-5-9-18(17)13-19/h3-13,21H,14-15H2,1-2H3,(H,23,24). The first kappa shape index (κ1) is 18.0. The molecule has 0 aliphatic carbocycles. The Bertz CT molecular complexity index is 891. The van der Waals surface area contributed by atoms with Crippen LogP contribution >= 0.6 is 0 Å². The number of amides is 1. The third kappa shape index (κ3) is 4.41. The van der Waals surface area contributed by atoms with Gasteiger partial charge in [0.05, 0.1) is 6.10 Å². The van der Waals surface area contributed by atoms with E-state index in [-0.39, 0.29) is 18.6 Å². The van der Waals surface area contributed by atoms with Crippen LogP contribution in [-0.2, 0) is 9.53 Å². The van der Waals surface area contributed by atoms with Gasteiger partial charge in [0.15, 0.2) is 6.61 Å². The molecule has 4 heteroatoms. The Morgan fingerprint density at radius 1 is 1.00 bits per heavy atom. The van der Waals surface area contributed by atoms with Gasteiger partial charge in [0.1, 0.15) is 5.75 Å². The number of hydrogen-bond donors (Lipinski definition) is 1. The number of nitrogens with one attached hydrogen (secondary N) is 1. The number of hydrogen-bond acceptors (Lipinski definition) is 3. The van der Waals surface area contributed by atoms with Gasteiger partial charge < -0.3 is 14.8 Å². The summed E-state index contributed by atoms with van der Waals surface area (Å²) in [7, 11) is 1.65. The average molecular weight is 349 g/mol. The van der Waals surface area contributed by atoms with Gasteiger partial charge in [-0.1, -0.05) is 54.6 Å². The zero-order valence-electron chi connectivity index (χ0n) is 15.1. The molecule has 1 N–H and O–H groups in total. The first-order chi connectivity index (χ1) is 12.7. The fourth-order valence-corrected chi connectivity index (χ4v) is 2.93. The normalized spacial score (nSPS) is 11.9. The lowest BCUT2D eigenvalue weighted by molar-refractivity contribution is -0.123. The molecule has 1 amide bonds. The summed E-state index contributed by atoms with van der Waals surface area (Å²) in [5, 5.41) is 5.11. The van der Waals surface area contributed by atoms with Crippen molar-refractivity contribution in [3.05, 3.63) is 77.9 Å². The molecule has 0 saturated carbocycles. The summed E-state index contributed by atoms with van der Waals surface area (Å²) in [4.78, 5) is 12.1. The van der Waals surface area contributed by atoms with Crippen molar-refractivity contribution in [3.8, 4) is 5.75 Å². The fraction of sp³-hybridized carbons (Fsp3) is 0.227. The maximum atomic E-state index is 12.1. The molecule has 0 radical (unpaired) electrons. The molecule has 0 fully saturated rings. The zero-order valence-corrected chi connectivity index (χ0v) is 15.1. The van der Waals surface area contributed by atoms with E-state index in [1.165, 1.54) is 0 Å². The van der Waals surface area contributed by atoms with Crippen LogP contribution in [0.4, 0.5) is 0 Å². The Balaban J connectivity index is 1.54. The van der Waals surface area contributed by atoms with Gasteiger partial charge in [-0.15, -0.1) is 0 Å². The molecule has 3 aromatic rings. The average Bonchev–Trinajstić information content (AvgIpc) is 2.68. The molecule has 3 aromatic carbocycles. The van der Waals surface area contributed by atoms with Crippen molar-refractivity contribution in [2.75, 3.05) is 20.3 Å². The summed E-state index contributed by atoms with van der Waals surface area (Å²) in [6.07, 6.45) is -0.180. The van der Waals surface area contributed by atoms with Gasteiger partial charge in [-0.3, -0.25) is 4.79 Å². The van der Waals surface area contributed by atoms with Crippen LogP contribution in [0.5, 0.6) is 5.75 Å². The van der Waals surface area contributed by atoms with Crippen molar-refractivity contribution in [1.82, 2.24) is 5.32 Å². The molecule has 3 rings (SSSR count). The van der Waals surface area contributed by atoms with E-state index in [1.54, 1.807) is 7.11 Å². The van der Waals surface area contributed by atoms with Crippen LogP contribution in [0, 0.1) is 6.92 Å². The number of benzene rings is 3. The molecule has 26 heavy (non-hydrogen) atoms. The van der Waals surface area contributed by atoms with E-state index in [2.05, 4.69) is 5.32 Å². The van der Waals surface area contributed by atoms with E-state index in [0.717, 1.165) is 21.9 Å². The van der Waals surface area contributed by atoms with Crippen LogP contribution < -0.4 is 10.1 Å². The Kier molecular flexibility index (Phi) is 5.87. The second kappa shape index (κ2) is 8.50. The highest BCUT2D eigenvalue weighted by atomic mass is 16.5. The van der Waals surface area contributed by atoms with E-state index in [9.17, 15) is 4.79 Å². The van der Waals surface area contributed by atoms with Gasteiger partial charge in [-0.25, -0.2) is 0 Å². The highest BCUT2D eigenvalue weighted by Crippen LogP contribution is 2.21. The van der Waals surface area contributed by atoms with Gasteiger partial charge in [0.2, 0.25) is 0 Å².